The topological polar surface area (TPSA) is 33.2 Å². The molecule has 0 N–H and O–H groups in total. The van der Waals surface area contributed by atoms with E-state index < -0.39 is 0 Å². The van der Waals surface area contributed by atoms with Crippen LogP contribution < -0.4 is 0 Å². The summed E-state index contributed by atoms with van der Waals surface area (Å²) in [5.41, 5.74) is 0.291. The zero-order valence-electron chi connectivity index (χ0n) is 7.74. The van der Waals surface area contributed by atoms with Gasteiger partial charge in [-0.3, -0.25) is 4.79 Å². The molecule has 0 fully saturated rings. The van der Waals surface area contributed by atoms with Crippen LogP contribution in [0.5, 0.6) is 0 Å². The Labute approximate surface area is 95.2 Å². The second kappa shape index (κ2) is 4.28. The molecule has 1 amide bonds. The Bertz CT molecular complexity index is 418. The molecule has 15 heavy (non-hydrogen) atoms. The van der Waals surface area contributed by atoms with Gasteiger partial charge in [-0.2, -0.15) is 0 Å². The van der Waals surface area contributed by atoms with E-state index in [1.807, 2.05) is 0 Å². The number of rotatable bonds is 1. The molecule has 1 aliphatic heterocycles. The minimum Gasteiger partial charge on any atom is -0.330 e. The lowest BCUT2D eigenvalue weighted by Crippen LogP contribution is -2.35. The van der Waals surface area contributed by atoms with Gasteiger partial charge >= 0.3 is 0 Å². The summed E-state index contributed by atoms with van der Waals surface area (Å²) in [5, 5.41) is 1.58. The summed E-state index contributed by atoms with van der Waals surface area (Å²) in [6.07, 6.45) is 2.05. The molecule has 80 valence electrons. The lowest BCUT2D eigenvalue weighted by atomic mass is 10.2. The second-order valence-electron chi connectivity index (χ2n) is 3.15. The van der Waals surface area contributed by atoms with E-state index in [1.54, 1.807) is 5.38 Å². The summed E-state index contributed by atoms with van der Waals surface area (Å²) < 4.78 is 13.3. The molecule has 6 heteroatoms. The molecule has 1 aromatic rings. The van der Waals surface area contributed by atoms with Crippen LogP contribution >= 0.6 is 22.9 Å². The standard InChI is InChI=1S/C9H8ClFN2OS/c10-9-12-7(5-15-9)8(14)13-3-1-2-6(11)4-13/h2,5H,1,3-4H2. The van der Waals surface area contributed by atoms with Gasteiger partial charge < -0.3 is 4.90 Å². The molecule has 0 unspecified atom stereocenters. The van der Waals surface area contributed by atoms with E-state index in [1.165, 1.54) is 22.3 Å². The van der Waals surface area contributed by atoms with Crippen molar-refractivity contribution in [1.82, 2.24) is 9.88 Å². The van der Waals surface area contributed by atoms with E-state index in [0.717, 1.165) is 0 Å². The number of hydrogen-bond donors (Lipinski definition) is 0. The molecule has 0 atom stereocenters. The third kappa shape index (κ3) is 2.35. The van der Waals surface area contributed by atoms with Gasteiger partial charge in [0, 0.05) is 11.9 Å². The molecule has 1 aliphatic rings. The Morgan fingerprint density at radius 2 is 2.47 bits per heavy atom. The molecule has 0 radical (unpaired) electrons. The maximum Gasteiger partial charge on any atom is 0.273 e. The molecule has 0 aliphatic carbocycles. The van der Waals surface area contributed by atoms with Gasteiger partial charge in [0.15, 0.2) is 4.47 Å². The van der Waals surface area contributed by atoms with Crippen LogP contribution in [0.1, 0.15) is 16.9 Å². The Morgan fingerprint density at radius 3 is 3.07 bits per heavy atom. The van der Waals surface area contributed by atoms with Gasteiger partial charge in [-0.25, -0.2) is 9.37 Å². The van der Waals surface area contributed by atoms with Crippen LogP contribution in [-0.4, -0.2) is 28.9 Å². The van der Waals surface area contributed by atoms with Gasteiger partial charge in [0.05, 0.1) is 6.54 Å². The predicted molar refractivity (Wildman–Crippen MR) is 56.8 cm³/mol. The highest BCUT2D eigenvalue weighted by Gasteiger charge is 2.21. The zero-order chi connectivity index (χ0) is 10.8. The molecule has 0 aromatic carbocycles. The number of amides is 1. The second-order valence-corrected chi connectivity index (χ2v) is 4.59. The number of hydrogen-bond acceptors (Lipinski definition) is 3. The molecule has 0 bridgehead atoms. The molecular weight excluding hydrogens is 239 g/mol. The normalized spacial score (nSPS) is 16.4. The summed E-state index contributed by atoms with van der Waals surface area (Å²) in [6.45, 7) is 0.565. The molecule has 0 spiro atoms. The molecule has 0 saturated heterocycles. The van der Waals surface area contributed by atoms with Gasteiger partial charge in [0.25, 0.3) is 5.91 Å². The van der Waals surface area contributed by atoms with E-state index in [4.69, 9.17) is 11.6 Å². The quantitative estimate of drug-likeness (QED) is 0.763. The predicted octanol–water partition coefficient (Wildman–Crippen LogP) is 2.50. The van der Waals surface area contributed by atoms with Crippen LogP contribution in [0.15, 0.2) is 17.3 Å². The Kier molecular flexibility index (Phi) is 3.02. The van der Waals surface area contributed by atoms with E-state index >= 15 is 0 Å². The fourth-order valence-electron chi connectivity index (χ4n) is 1.39. The first-order valence-electron chi connectivity index (χ1n) is 4.41. The van der Waals surface area contributed by atoms with Crippen molar-refractivity contribution in [3.63, 3.8) is 0 Å². The summed E-state index contributed by atoms with van der Waals surface area (Å²) in [5.74, 6) is -0.530. The van der Waals surface area contributed by atoms with Crippen molar-refractivity contribution in [1.29, 1.82) is 0 Å². The molecule has 3 nitrogen and oxygen atoms in total. The number of carbonyl (C=O) groups is 1. The van der Waals surface area contributed by atoms with Crippen LogP contribution in [0.3, 0.4) is 0 Å². The number of aromatic nitrogens is 1. The van der Waals surface area contributed by atoms with E-state index in [9.17, 15) is 9.18 Å². The zero-order valence-corrected chi connectivity index (χ0v) is 9.32. The molecule has 2 heterocycles. The average Bonchev–Trinajstić information content (AvgIpc) is 2.64. The van der Waals surface area contributed by atoms with Crippen LogP contribution in [0.4, 0.5) is 4.39 Å². The summed E-state index contributed by atoms with van der Waals surface area (Å²) in [6, 6.07) is 0. The van der Waals surface area contributed by atoms with Crippen molar-refractivity contribution in [2.75, 3.05) is 13.1 Å². The molecule has 1 aromatic heterocycles. The third-order valence-electron chi connectivity index (χ3n) is 2.09. The van der Waals surface area contributed by atoms with Crippen molar-refractivity contribution in [3.05, 3.63) is 27.4 Å². The highest BCUT2D eigenvalue weighted by molar-refractivity contribution is 7.14. The smallest absolute Gasteiger partial charge is 0.273 e. The van der Waals surface area contributed by atoms with Crippen LogP contribution in [0.2, 0.25) is 4.47 Å². The number of nitrogens with zero attached hydrogens (tertiary/aromatic N) is 2. The minimum atomic E-state index is -0.268. The molecule has 2 rings (SSSR count). The maximum absolute atomic E-state index is 12.9. The molecule has 0 saturated carbocycles. The summed E-state index contributed by atoms with van der Waals surface area (Å²) >= 11 is 6.82. The number of carbonyl (C=O) groups excluding carboxylic acids is 1. The highest BCUT2D eigenvalue weighted by atomic mass is 35.5. The van der Waals surface area contributed by atoms with Crippen molar-refractivity contribution in [2.45, 2.75) is 6.42 Å². The number of halogens is 2. The summed E-state index contributed by atoms with van der Waals surface area (Å²) in [4.78, 5) is 17.1. The van der Waals surface area contributed by atoms with Crippen molar-refractivity contribution in [2.24, 2.45) is 0 Å². The maximum atomic E-state index is 12.9. The SMILES string of the molecule is O=C(c1csc(Cl)n1)N1CCC=C(F)C1. The minimum absolute atomic E-state index is 0.0357. The van der Waals surface area contributed by atoms with Crippen LogP contribution in [0, 0.1) is 0 Å². The van der Waals surface area contributed by atoms with Gasteiger partial charge in [0.1, 0.15) is 11.5 Å². The first kappa shape index (κ1) is 10.6. The Morgan fingerprint density at radius 1 is 1.67 bits per heavy atom. The number of thiazole rings is 1. The first-order valence-corrected chi connectivity index (χ1v) is 5.67. The monoisotopic (exact) mass is 246 g/mol. The fraction of sp³-hybridized carbons (Fsp3) is 0.333. The van der Waals surface area contributed by atoms with Crippen LogP contribution in [0.25, 0.3) is 0 Å². The van der Waals surface area contributed by atoms with E-state index in [0.29, 0.717) is 23.1 Å². The largest absolute Gasteiger partial charge is 0.330 e. The first-order chi connectivity index (χ1) is 7.16. The third-order valence-corrected chi connectivity index (χ3v) is 3.07. The highest BCUT2D eigenvalue weighted by Crippen LogP contribution is 2.18. The van der Waals surface area contributed by atoms with Crippen LogP contribution in [-0.2, 0) is 0 Å². The molecular formula is C9H8ClFN2OS. The Balaban J connectivity index is 2.12. The van der Waals surface area contributed by atoms with Gasteiger partial charge in [-0.05, 0) is 12.5 Å². The fourth-order valence-corrected chi connectivity index (χ4v) is 2.13. The average molecular weight is 247 g/mol. The van der Waals surface area contributed by atoms with Crippen molar-refractivity contribution < 1.29 is 9.18 Å². The lowest BCUT2D eigenvalue weighted by Gasteiger charge is -2.23. The summed E-state index contributed by atoms with van der Waals surface area (Å²) in [7, 11) is 0. The van der Waals surface area contributed by atoms with E-state index in [2.05, 4.69) is 4.98 Å². The van der Waals surface area contributed by atoms with Gasteiger partial charge in [-0.15, -0.1) is 11.3 Å². The van der Waals surface area contributed by atoms with Gasteiger partial charge in [-0.1, -0.05) is 11.6 Å². The lowest BCUT2D eigenvalue weighted by molar-refractivity contribution is 0.0750. The Hall–Kier alpha value is -0.940. The van der Waals surface area contributed by atoms with Gasteiger partial charge in [0.2, 0.25) is 0 Å². The van der Waals surface area contributed by atoms with Crippen molar-refractivity contribution in [3.8, 4) is 0 Å². The van der Waals surface area contributed by atoms with Crippen molar-refractivity contribution >= 4 is 28.8 Å². The van der Waals surface area contributed by atoms with E-state index in [-0.39, 0.29) is 18.3 Å².